The molecule has 1 heterocycles. The van der Waals surface area contributed by atoms with Gasteiger partial charge in [0.05, 0.1) is 5.60 Å². The number of carbonyl (C=O) groups is 1. The van der Waals surface area contributed by atoms with Gasteiger partial charge in [-0.2, -0.15) is 0 Å². The maximum atomic E-state index is 11.1. The molecule has 6 heteroatoms. The number of aliphatic hydroxyl groups is 1. The number of rotatable bonds is 4. The Morgan fingerprint density at radius 1 is 1.39 bits per heavy atom. The minimum atomic E-state index is -1.13. The number of carboxylic acids is 1. The van der Waals surface area contributed by atoms with E-state index >= 15 is 0 Å². The SMILES string of the molecule is CC(C)(O)COc1cc2c(cc1C(=O)O)OCO2. The molecule has 1 aliphatic rings. The first-order valence-corrected chi connectivity index (χ1v) is 5.39. The molecule has 0 aliphatic carbocycles. The van der Waals surface area contributed by atoms with Crippen LogP contribution in [-0.2, 0) is 0 Å². The van der Waals surface area contributed by atoms with Crippen LogP contribution >= 0.6 is 0 Å². The van der Waals surface area contributed by atoms with Gasteiger partial charge in [0, 0.05) is 12.1 Å². The van der Waals surface area contributed by atoms with E-state index in [9.17, 15) is 9.90 Å². The van der Waals surface area contributed by atoms with Crippen LogP contribution in [0.4, 0.5) is 0 Å². The first kappa shape index (κ1) is 12.5. The molecule has 0 radical (unpaired) electrons. The van der Waals surface area contributed by atoms with E-state index in [2.05, 4.69) is 0 Å². The first-order chi connectivity index (χ1) is 8.37. The molecular weight excluding hydrogens is 240 g/mol. The van der Waals surface area contributed by atoms with Crippen molar-refractivity contribution in [2.75, 3.05) is 13.4 Å². The van der Waals surface area contributed by atoms with Crippen molar-refractivity contribution in [1.82, 2.24) is 0 Å². The van der Waals surface area contributed by atoms with Gasteiger partial charge in [0.25, 0.3) is 0 Å². The van der Waals surface area contributed by atoms with Crippen LogP contribution in [0.25, 0.3) is 0 Å². The van der Waals surface area contributed by atoms with Gasteiger partial charge in [-0.05, 0) is 13.8 Å². The molecule has 1 aliphatic heterocycles. The van der Waals surface area contributed by atoms with Crippen molar-refractivity contribution in [3.05, 3.63) is 17.7 Å². The molecule has 0 saturated carbocycles. The Hall–Kier alpha value is -1.95. The van der Waals surface area contributed by atoms with Crippen LogP contribution < -0.4 is 14.2 Å². The predicted octanol–water partition coefficient (Wildman–Crippen LogP) is 1.26. The molecule has 98 valence electrons. The molecular formula is C12H14O6. The average molecular weight is 254 g/mol. The van der Waals surface area contributed by atoms with Crippen molar-refractivity contribution in [1.29, 1.82) is 0 Å². The third-order valence-electron chi connectivity index (χ3n) is 2.29. The standard InChI is InChI=1S/C12H14O6/c1-12(2,15)5-16-8-4-10-9(17-6-18-10)3-7(8)11(13)14/h3-4,15H,5-6H2,1-2H3,(H,13,14). The summed E-state index contributed by atoms with van der Waals surface area (Å²) in [7, 11) is 0. The van der Waals surface area contributed by atoms with E-state index in [1.165, 1.54) is 12.1 Å². The summed E-state index contributed by atoms with van der Waals surface area (Å²) in [4.78, 5) is 11.1. The number of fused-ring (bicyclic) bond motifs is 1. The Morgan fingerprint density at radius 2 is 2.00 bits per heavy atom. The Bertz CT molecular complexity index is 474. The molecule has 0 atom stereocenters. The highest BCUT2D eigenvalue weighted by molar-refractivity contribution is 5.92. The zero-order valence-corrected chi connectivity index (χ0v) is 10.1. The minimum absolute atomic E-state index is 0.0209. The van der Waals surface area contributed by atoms with Crippen molar-refractivity contribution < 1.29 is 29.2 Å². The van der Waals surface area contributed by atoms with Gasteiger partial charge >= 0.3 is 5.97 Å². The molecule has 1 aromatic rings. The van der Waals surface area contributed by atoms with Crippen molar-refractivity contribution >= 4 is 5.97 Å². The van der Waals surface area contributed by atoms with Crippen LogP contribution in [0.3, 0.4) is 0 Å². The van der Waals surface area contributed by atoms with Gasteiger partial charge in [-0.1, -0.05) is 0 Å². The van der Waals surface area contributed by atoms with Gasteiger partial charge < -0.3 is 24.4 Å². The van der Waals surface area contributed by atoms with Gasteiger partial charge in [-0.15, -0.1) is 0 Å². The molecule has 1 aromatic carbocycles. The molecule has 6 nitrogen and oxygen atoms in total. The van der Waals surface area contributed by atoms with Crippen molar-refractivity contribution in [2.24, 2.45) is 0 Å². The molecule has 0 bridgehead atoms. The first-order valence-electron chi connectivity index (χ1n) is 5.39. The van der Waals surface area contributed by atoms with E-state index in [0.717, 1.165) is 0 Å². The molecule has 18 heavy (non-hydrogen) atoms. The number of benzene rings is 1. The highest BCUT2D eigenvalue weighted by Crippen LogP contribution is 2.38. The molecule has 0 aromatic heterocycles. The second kappa shape index (κ2) is 4.38. The largest absolute Gasteiger partial charge is 0.490 e. The zero-order chi connectivity index (χ0) is 13.3. The predicted molar refractivity (Wildman–Crippen MR) is 61.3 cm³/mol. The third-order valence-corrected chi connectivity index (χ3v) is 2.29. The summed E-state index contributed by atoms with van der Waals surface area (Å²) >= 11 is 0. The highest BCUT2D eigenvalue weighted by atomic mass is 16.7. The Balaban J connectivity index is 2.30. The van der Waals surface area contributed by atoms with Gasteiger partial charge in [-0.3, -0.25) is 0 Å². The Morgan fingerprint density at radius 3 is 2.56 bits per heavy atom. The zero-order valence-electron chi connectivity index (χ0n) is 10.1. The monoisotopic (exact) mass is 254 g/mol. The van der Waals surface area contributed by atoms with Crippen LogP contribution in [0.1, 0.15) is 24.2 Å². The topological polar surface area (TPSA) is 85.2 Å². The summed E-state index contributed by atoms with van der Waals surface area (Å²) in [6.07, 6.45) is 0. The number of carboxylic acid groups (broad SMARTS) is 1. The lowest BCUT2D eigenvalue weighted by Gasteiger charge is -2.18. The number of hydrogen-bond donors (Lipinski definition) is 2. The van der Waals surface area contributed by atoms with Gasteiger partial charge in [-0.25, -0.2) is 4.79 Å². The maximum Gasteiger partial charge on any atom is 0.339 e. The van der Waals surface area contributed by atoms with Crippen molar-refractivity contribution in [2.45, 2.75) is 19.4 Å². The molecule has 0 fully saturated rings. The molecule has 2 rings (SSSR count). The van der Waals surface area contributed by atoms with Crippen LogP contribution in [-0.4, -0.2) is 35.2 Å². The lowest BCUT2D eigenvalue weighted by molar-refractivity contribution is 0.0274. The average Bonchev–Trinajstić information content (AvgIpc) is 2.70. The number of hydrogen-bond acceptors (Lipinski definition) is 5. The van der Waals surface area contributed by atoms with Crippen LogP contribution in [0.15, 0.2) is 12.1 Å². The fourth-order valence-electron chi connectivity index (χ4n) is 1.46. The fourth-order valence-corrected chi connectivity index (χ4v) is 1.46. The van der Waals surface area contributed by atoms with E-state index in [-0.39, 0.29) is 24.7 Å². The molecule has 0 unspecified atom stereocenters. The van der Waals surface area contributed by atoms with E-state index in [1.807, 2.05) is 0 Å². The van der Waals surface area contributed by atoms with Gasteiger partial charge in [0.2, 0.25) is 6.79 Å². The van der Waals surface area contributed by atoms with Crippen LogP contribution in [0.5, 0.6) is 17.2 Å². The van der Waals surface area contributed by atoms with Gasteiger partial charge in [0.1, 0.15) is 17.9 Å². The summed E-state index contributed by atoms with van der Waals surface area (Å²) in [5, 5.41) is 18.7. The number of ether oxygens (including phenoxy) is 3. The summed E-state index contributed by atoms with van der Waals surface area (Å²) in [5.41, 5.74) is -1.07. The lowest BCUT2D eigenvalue weighted by Crippen LogP contribution is -2.28. The van der Waals surface area contributed by atoms with Crippen LogP contribution in [0.2, 0.25) is 0 Å². The van der Waals surface area contributed by atoms with E-state index in [4.69, 9.17) is 19.3 Å². The molecule has 0 saturated heterocycles. The summed E-state index contributed by atoms with van der Waals surface area (Å²) in [5.74, 6) is -0.165. The number of aromatic carboxylic acids is 1. The minimum Gasteiger partial charge on any atom is -0.490 e. The third kappa shape index (κ3) is 2.65. The highest BCUT2D eigenvalue weighted by Gasteiger charge is 2.23. The molecule has 0 spiro atoms. The van der Waals surface area contributed by atoms with E-state index in [1.54, 1.807) is 13.8 Å². The second-order valence-corrected chi connectivity index (χ2v) is 4.61. The molecule has 0 amide bonds. The van der Waals surface area contributed by atoms with Crippen molar-refractivity contribution in [3.8, 4) is 17.2 Å². The fraction of sp³-hybridized carbons (Fsp3) is 0.417. The quantitative estimate of drug-likeness (QED) is 0.841. The van der Waals surface area contributed by atoms with E-state index in [0.29, 0.717) is 11.5 Å². The Kier molecular flexibility index (Phi) is 3.04. The normalized spacial score (nSPS) is 13.5. The maximum absolute atomic E-state index is 11.1. The lowest BCUT2D eigenvalue weighted by atomic mass is 10.1. The summed E-state index contributed by atoms with van der Waals surface area (Å²) in [6, 6.07) is 2.81. The summed E-state index contributed by atoms with van der Waals surface area (Å²) < 4.78 is 15.6. The molecule has 2 N–H and O–H groups in total. The van der Waals surface area contributed by atoms with Crippen LogP contribution in [0, 0.1) is 0 Å². The summed E-state index contributed by atoms with van der Waals surface area (Å²) in [6.45, 7) is 3.18. The van der Waals surface area contributed by atoms with Crippen molar-refractivity contribution in [3.63, 3.8) is 0 Å². The van der Waals surface area contributed by atoms with Gasteiger partial charge in [0.15, 0.2) is 11.5 Å². The second-order valence-electron chi connectivity index (χ2n) is 4.61. The smallest absolute Gasteiger partial charge is 0.339 e. The van der Waals surface area contributed by atoms with E-state index < -0.39 is 11.6 Å². The Labute approximate surface area is 104 Å².